The normalized spacial score (nSPS) is 19.4. The molecule has 1 atom stereocenters. The Balaban J connectivity index is 2.06. The molecule has 3 heteroatoms. The first-order valence-corrected chi connectivity index (χ1v) is 8.77. The highest BCUT2D eigenvalue weighted by Crippen LogP contribution is 2.47. The second-order valence-corrected chi connectivity index (χ2v) is 8.96. The van der Waals surface area contributed by atoms with Crippen LogP contribution in [0.4, 0.5) is 0 Å². The van der Waals surface area contributed by atoms with E-state index in [1.54, 1.807) is 0 Å². The van der Waals surface area contributed by atoms with E-state index in [9.17, 15) is 0 Å². The molecule has 20 heavy (non-hydrogen) atoms. The fourth-order valence-electron chi connectivity index (χ4n) is 2.65. The molecule has 1 aliphatic carbocycles. The van der Waals surface area contributed by atoms with Crippen LogP contribution in [-0.4, -0.2) is 17.6 Å². The summed E-state index contributed by atoms with van der Waals surface area (Å²) in [7, 11) is 0. The maximum Gasteiger partial charge on any atom is 0.0934 e. The van der Waals surface area contributed by atoms with Crippen LogP contribution in [-0.2, 0) is 11.8 Å². The molecule has 1 aromatic rings. The van der Waals surface area contributed by atoms with Crippen molar-refractivity contribution in [2.75, 3.05) is 6.54 Å². The van der Waals surface area contributed by atoms with Gasteiger partial charge in [-0.1, -0.05) is 41.5 Å². The summed E-state index contributed by atoms with van der Waals surface area (Å²) in [5.41, 5.74) is 1.78. The first kappa shape index (κ1) is 16.0. The van der Waals surface area contributed by atoms with E-state index in [2.05, 4.69) is 52.2 Å². The summed E-state index contributed by atoms with van der Waals surface area (Å²) in [6, 6.07) is 0.564. The van der Waals surface area contributed by atoms with Gasteiger partial charge in [0.15, 0.2) is 0 Å². The lowest BCUT2D eigenvalue weighted by Gasteiger charge is -2.30. The summed E-state index contributed by atoms with van der Waals surface area (Å²) in [6.07, 6.45) is 3.92. The molecule has 1 heterocycles. The van der Waals surface area contributed by atoms with Crippen LogP contribution in [0.5, 0.6) is 0 Å². The molecule has 2 rings (SSSR count). The standard InChI is InChI=1S/C17H30N2S/c1-12(2)18-11-17(6,13-7-8-13)9-15-19-14(10-20-15)16(3,4)5/h10,12-13,18H,7-9,11H2,1-6H3. The van der Waals surface area contributed by atoms with Gasteiger partial charge in [0.2, 0.25) is 0 Å². The van der Waals surface area contributed by atoms with Crippen molar-refractivity contribution < 1.29 is 0 Å². The zero-order valence-corrected chi connectivity index (χ0v) is 14.7. The third-order valence-corrected chi connectivity index (χ3v) is 5.20. The van der Waals surface area contributed by atoms with Crippen LogP contribution in [0.2, 0.25) is 0 Å². The largest absolute Gasteiger partial charge is 0.314 e. The molecule has 0 spiro atoms. The Hall–Kier alpha value is -0.410. The number of nitrogens with one attached hydrogen (secondary N) is 1. The maximum atomic E-state index is 4.89. The highest BCUT2D eigenvalue weighted by molar-refractivity contribution is 7.09. The van der Waals surface area contributed by atoms with E-state index in [4.69, 9.17) is 4.98 Å². The molecule has 1 saturated carbocycles. The topological polar surface area (TPSA) is 24.9 Å². The quantitative estimate of drug-likeness (QED) is 0.841. The monoisotopic (exact) mass is 294 g/mol. The number of aromatic nitrogens is 1. The molecule has 0 aromatic carbocycles. The Morgan fingerprint density at radius 1 is 1.30 bits per heavy atom. The van der Waals surface area contributed by atoms with Crippen molar-refractivity contribution in [2.45, 2.75) is 72.3 Å². The molecule has 114 valence electrons. The van der Waals surface area contributed by atoms with Crippen LogP contribution in [0.25, 0.3) is 0 Å². The van der Waals surface area contributed by atoms with Gasteiger partial charge < -0.3 is 5.32 Å². The van der Waals surface area contributed by atoms with E-state index in [-0.39, 0.29) is 5.41 Å². The van der Waals surface area contributed by atoms with Gasteiger partial charge >= 0.3 is 0 Å². The van der Waals surface area contributed by atoms with Crippen LogP contribution in [0.15, 0.2) is 5.38 Å². The predicted molar refractivity (Wildman–Crippen MR) is 88.5 cm³/mol. The van der Waals surface area contributed by atoms with Crippen molar-refractivity contribution >= 4 is 11.3 Å². The van der Waals surface area contributed by atoms with Gasteiger partial charge in [0, 0.05) is 29.8 Å². The highest BCUT2D eigenvalue weighted by atomic mass is 32.1. The van der Waals surface area contributed by atoms with E-state index in [1.165, 1.54) is 23.5 Å². The average molecular weight is 295 g/mol. The zero-order valence-electron chi connectivity index (χ0n) is 13.9. The van der Waals surface area contributed by atoms with Crippen LogP contribution < -0.4 is 5.32 Å². The molecule has 0 amide bonds. The molecular weight excluding hydrogens is 264 g/mol. The van der Waals surface area contributed by atoms with Crippen molar-refractivity contribution in [3.63, 3.8) is 0 Å². The molecule has 1 aromatic heterocycles. The smallest absolute Gasteiger partial charge is 0.0934 e. The van der Waals surface area contributed by atoms with Gasteiger partial charge in [0.25, 0.3) is 0 Å². The summed E-state index contributed by atoms with van der Waals surface area (Å²) in [4.78, 5) is 4.89. The Labute approximate surface area is 128 Å². The van der Waals surface area contributed by atoms with Crippen molar-refractivity contribution in [3.05, 3.63) is 16.1 Å². The molecular formula is C17H30N2S. The molecule has 1 unspecified atom stereocenters. The Morgan fingerprint density at radius 3 is 2.40 bits per heavy atom. The third-order valence-electron chi connectivity index (χ3n) is 4.35. The van der Waals surface area contributed by atoms with Gasteiger partial charge in [-0.15, -0.1) is 11.3 Å². The van der Waals surface area contributed by atoms with E-state index in [0.29, 0.717) is 11.5 Å². The Morgan fingerprint density at radius 2 is 1.95 bits per heavy atom. The second kappa shape index (κ2) is 5.76. The molecule has 1 fully saturated rings. The molecule has 0 saturated heterocycles. The molecule has 1 N–H and O–H groups in total. The maximum absolute atomic E-state index is 4.89. The summed E-state index contributed by atoms with van der Waals surface area (Å²) in [5.74, 6) is 0.885. The summed E-state index contributed by atoms with van der Waals surface area (Å²) >= 11 is 1.84. The number of hydrogen-bond acceptors (Lipinski definition) is 3. The van der Waals surface area contributed by atoms with Gasteiger partial charge in [0.1, 0.15) is 0 Å². The molecule has 1 aliphatic rings. The van der Waals surface area contributed by atoms with E-state index >= 15 is 0 Å². The number of thiazole rings is 1. The zero-order chi connectivity index (χ0) is 15.0. The third kappa shape index (κ3) is 4.05. The van der Waals surface area contributed by atoms with Crippen LogP contribution in [0.1, 0.15) is 65.1 Å². The minimum Gasteiger partial charge on any atom is -0.314 e. The molecule has 2 nitrogen and oxygen atoms in total. The van der Waals surface area contributed by atoms with Gasteiger partial charge in [-0.05, 0) is 24.2 Å². The lowest BCUT2D eigenvalue weighted by Crippen LogP contribution is -2.38. The van der Waals surface area contributed by atoms with Crippen LogP contribution in [0, 0.1) is 11.3 Å². The van der Waals surface area contributed by atoms with Gasteiger partial charge in [0.05, 0.1) is 10.7 Å². The fraction of sp³-hybridized carbons (Fsp3) is 0.824. The number of rotatable bonds is 6. The molecule has 0 bridgehead atoms. The van der Waals surface area contributed by atoms with E-state index in [0.717, 1.165) is 18.9 Å². The summed E-state index contributed by atoms with van der Waals surface area (Å²) < 4.78 is 0. The van der Waals surface area contributed by atoms with Gasteiger partial charge in [-0.25, -0.2) is 4.98 Å². The second-order valence-electron chi connectivity index (χ2n) is 8.02. The Bertz CT molecular complexity index is 440. The fourth-order valence-corrected chi connectivity index (χ4v) is 3.87. The van der Waals surface area contributed by atoms with E-state index in [1.807, 2.05) is 11.3 Å². The average Bonchev–Trinajstić information content (AvgIpc) is 3.07. The lowest BCUT2D eigenvalue weighted by atomic mass is 9.81. The predicted octanol–water partition coefficient (Wildman–Crippen LogP) is 4.40. The SMILES string of the molecule is CC(C)NCC(C)(Cc1nc(C(C)(C)C)cs1)C1CC1. The van der Waals surface area contributed by atoms with Gasteiger partial charge in [-0.2, -0.15) is 0 Å². The van der Waals surface area contributed by atoms with Crippen LogP contribution in [0.3, 0.4) is 0 Å². The van der Waals surface area contributed by atoms with Crippen LogP contribution >= 0.6 is 11.3 Å². The highest BCUT2D eigenvalue weighted by Gasteiger charge is 2.41. The van der Waals surface area contributed by atoms with Gasteiger partial charge in [-0.3, -0.25) is 0 Å². The summed E-state index contributed by atoms with van der Waals surface area (Å²) in [5, 5.41) is 7.20. The summed E-state index contributed by atoms with van der Waals surface area (Å²) in [6.45, 7) is 14.7. The number of nitrogens with zero attached hydrogens (tertiary/aromatic N) is 1. The first-order valence-electron chi connectivity index (χ1n) is 7.89. The minimum atomic E-state index is 0.168. The van der Waals surface area contributed by atoms with Crippen molar-refractivity contribution in [1.29, 1.82) is 0 Å². The van der Waals surface area contributed by atoms with Crippen molar-refractivity contribution in [3.8, 4) is 0 Å². The van der Waals surface area contributed by atoms with Crippen molar-refractivity contribution in [2.24, 2.45) is 11.3 Å². The first-order chi connectivity index (χ1) is 9.21. The molecule has 0 radical (unpaired) electrons. The van der Waals surface area contributed by atoms with Crippen molar-refractivity contribution in [1.82, 2.24) is 10.3 Å². The number of hydrogen-bond donors (Lipinski definition) is 1. The molecule has 0 aliphatic heterocycles. The van der Waals surface area contributed by atoms with E-state index < -0.39 is 0 Å². The Kier molecular flexibility index (Phi) is 4.60. The minimum absolute atomic E-state index is 0.168. The lowest BCUT2D eigenvalue weighted by molar-refractivity contribution is 0.248.